The number of rotatable bonds is 6. The van der Waals surface area contributed by atoms with Gasteiger partial charge in [0.15, 0.2) is 0 Å². The van der Waals surface area contributed by atoms with E-state index in [0.29, 0.717) is 47.1 Å². The molecule has 7 nitrogen and oxygen atoms in total. The van der Waals surface area contributed by atoms with Gasteiger partial charge in [0.2, 0.25) is 0 Å². The Morgan fingerprint density at radius 2 is 1.97 bits per heavy atom. The number of amides is 1. The molecule has 0 radical (unpaired) electrons. The number of aryl methyl sites for hydroxylation is 1. The van der Waals surface area contributed by atoms with Crippen molar-refractivity contribution in [2.75, 3.05) is 6.54 Å². The molecule has 2 atom stereocenters. The van der Waals surface area contributed by atoms with Gasteiger partial charge in [0.25, 0.3) is 11.7 Å². The Labute approximate surface area is 212 Å². The average molecular weight is 512 g/mol. The first-order valence-electron chi connectivity index (χ1n) is 11.3. The molecule has 3 heterocycles. The summed E-state index contributed by atoms with van der Waals surface area (Å²) in [5.41, 5.74) is 2.04. The molecule has 180 valence electrons. The number of fused-ring (bicyclic) bond motifs is 1. The lowest BCUT2D eigenvalue weighted by Crippen LogP contribution is -2.31. The van der Waals surface area contributed by atoms with Gasteiger partial charge in [0, 0.05) is 37.5 Å². The maximum atomic E-state index is 13.2. The van der Waals surface area contributed by atoms with Gasteiger partial charge in [-0.15, -0.1) is 0 Å². The summed E-state index contributed by atoms with van der Waals surface area (Å²) < 4.78 is 7.65. The van der Waals surface area contributed by atoms with Crippen LogP contribution in [-0.2, 0) is 22.6 Å². The number of ether oxygens (including phenoxy) is 1. The Morgan fingerprint density at radius 3 is 2.71 bits per heavy atom. The molecule has 1 saturated heterocycles. The predicted molar refractivity (Wildman–Crippen MR) is 133 cm³/mol. The molecule has 0 bridgehead atoms. The molecule has 9 heteroatoms. The van der Waals surface area contributed by atoms with Crippen molar-refractivity contribution in [1.82, 2.24) is 14.5 Å². The fourth-order valence-corrected chi connectivity index (χ4v) is 5.01. The summed E-state index contributed by atoms with van der Waals surface area (Å²) >= 11 is 12.4. The summed E-state index contributed by atoms with van der Waals surface area (Å²) in [7, 11) is 0. The van der Waals surface area contributed by atoms with E-state index < -0.39 is 17.7 Å². The second-order valence-electron chi connectivity index (χ2n) is 8.78. The zero-order chi connectivity index (χ0) is 24.7. The van der Waals surface area contributed by atoms with Gasteiger partial charge >= 0.3 is 0 Å². The SMILES string of the molecule is C[C@H]1Cc2cc(C(O)=C3C(=O)C(=O)N(CCCn4ccnc4)[C@@H]3c3ccc(Cl)c(Cl)c3)ccc2O1. The summed E-state index contributed by atoms with van der Waals surface area (Å²) in [5, 5.41) is 12.0. The number of benzene rings is 2. The van der Waals surface area contributed by atoms with Crippen molar-refractivity contribution in [3.8, 4) is 5.75 Å². The molecule has 3 aromatic rings. The molecular weight excluding hydrogens is 489 g/mol. The van der Waals surface area contributed by atoms with Crippen molar-refractivity contribution in [1.29, 1.82) is 0 Å². The van der Waals surface area contributed by atoms with Crippen molar-refractivity contribution >= 4 is 40.7 Å². The average Bonchev–Trinajstić information content (AvgIpc) is 3.54. The lowest BCUT2D eigenvalue weighted by Gasteiger charge is -2.25. The highest BCUT2D eigenvalue weighted by atomic mass is 35.5. The number of imidazole rings is 1. The van der Waals surface area contributed by atoms with Gasteiger partial charge in [0.05, 0.1) is 28.0 Å². The minimum absolute atomic E-state index is 0.0305. The third-order valence-electron chi connectivity index (χ3n) is 6.34. The number of carbonyl (C=O) groups excluding carboxylic acids is 2. The summed E-state index contributed by atoms with van der Waals surface area (Å²) in [4.78, 5) is 31.9. The lowest BCUT2D eigenvalue weighted by atomic mass is 9.94. The first kappa shape index (κ1) is 23.5. The standard InChI is InChI=1S/C26H23Cl2N3O4/c1-15-11-18-12-17(4-6-21(18)35-15)24(32)22-23(16-3-5-19(27)20(28)13-16)31(26(34)25(22)33)9-2-8-30-10-7-29-14-30/h3-7,10,12-15,23,32H,2,8-9,11H2,1H3/t15-,23+/m0/s1. The van der Waals surface area contributed by atoms with Crippen LogP contribution in [0.15, 0.2) is 60.7 Å². The first-order valence-corrected chi connectivity index (χ1v) is 12.1. The quantitative estimate of drug-likeness (QED) is 0.285. The minimum atomic E-state index is -0.795. The number of nitrogens with zero attached hydrogens (tertiary/aromatic N) is 3. The van der Waals surface area contributed by atoms with Gasteiger partial charge in [-0.25, -0.2) is 4.98 Å². The van der Waals surface area contributed by atoms with Gasteiger partial charge in [0.1, 0.15) is 17.6 Å². The summed E-state index contributed by atoms with van der Waals surface area (Å²) in [5.74, 6) is -0.855. The summed E-state index contributed by atoms with van der Waals surface area (Å²) in [6, 6.07) is 9.48. The molecule has 0 unspecified atom stereocenters. The Morgan fingerprint density at radius 1 is 1.14 bits per heavy atom. The number of aliphatic hydroxyl groups excluding tert-OH is 1. The van der Waals surface area contributed by atoms with Gasteiger partial charge in [-0.2, -0.15) is 0 Å². The molecule has 2 aromatic carbocycles. The number of ketones is 1. The maximum Gasteiger partial charge on any atom is 0.295 e. The van der Waals surface area contributed by atoms with Crippen molar-refractivity contribution in [2.24, 2.45) is 0 Å². The fraction of sp³-hybridized carbons (Fsp3) is 0.269. The smallest absolute Gasteiger partial charge is 0.295 e. The number of halogens is 2. The third-order valence-corrected chi connectivity index (χ3v) is 7.08. The maximum absolute atomic E-state index is 13.2. The normalized spacial score (nSPS) is 20.8. The van der Waals surface area contributed by atoms with Crippen LogP contribution in [0.2, 0.25) is 10.0 Å². The molecule has 1 amide bonds. The van der Waals surface area contributed by atoms with E-state index in [9.17, 15) is 14.7 Å². The highest BCUT2D eigenvalue weighted by molar-refractivity contribution is 6.46. The number of hydrogen-bond donors (Lipinski definition) is 1. The molecule has 0 aliphatic carbocycles. The Bertz CT molecular complexity index is 1340. The van der Waals surface area contributed by atoms with E-state index in [0.717, 1.165) is 11.3 Å². The first-order chi connectivity index (χ1) is 16.8. The van der Waals surface area contributed by atoms with E-state index in [4.69, 9.17) is 27.9 Å². The Balaban J connectivity index is 1.55. The molecule has 35 heavy (non-hydrogen) atoms. The van der Waals surface area contributed by atoms with Crippen LogP contribution in [0.5, 0.6) is 5.75 Å². The van der Waals surface area contributed by atoms with Gasteiger partial charge in [-0.3, -0.25) is 9.59 Å². The molecule has 1 aromatic heterocycles. The predicted octanol–water partition coefficient (Wildman–Crippen LogP) is 5.03. The number of aliphatic hydroxyl groups is 1. The van der Waals surface area contributed by atoms with E-state index in [1.54, 1.807) is 42.9 Å². The van der Waals surface area contributed by atoms with E-state index in [2.05, 4.69) is 4.98 Å². The topological polar surface area (TPSA) is 84.7 Å². The Hall–Kier alpha value is -3.29. The highest BCUT2D eigenvalue weighted by Crippen LogP contribution is 2.42. The number of Topliss-reactive ketones (excluding diaryl/α,β-unsaturated/α-hetero) is 1. The van der Waals surface area contributed by atoms with Gasteiger partial charge in [-0.1, -0.05) is 29.3 Å². The number of carbonyl (C=O) groups is 2. The van der Waals surface area contributed by atoms with Gasteiger partial charge < -0.3 is 19.3 Å². The number of aromatic nitrogens is 2. The van der Waals surface area contributed by atoms with Crippen LogP contribution >= 0.6 is 23.2 Å². The second kappa shape index (κ2) is 9.40. The van der Waals surface area contributed by atoms with Crippen LogP contribution in [0.4, 0.5) is 0 Å². The number of likely N-dealkylation sites (tertiary alicyclic amines) is 1. The zero-order valence-corrected chi connectivity index (χ0v) is 20.5. The minimum Gasteiger partial charge on any atom is -0.507 e. The van der Waals surface area contributed by atoms with Crippen LogP contribution in [-0.4, -0.2) is 43.9 Å². The summed E-state index contributed by atoms with van der Waals surface area (Å²) in [6.45, 7) is 2.90. The molecule has 2 aliphatic rings. The fourth-order valence-electron chi connectivity index (χ4n) is 4.71. The molecule has 0 spiro atoms. The lowest BCUT2D eigenvalue weighted by molar-refractivity contribution is -0.139. The third kappa shape index (κ3) is 4.42. The molecule has 2 aliphatic heterocycles. The molecule has 0 saturated carbocycles. The van der Waals surface area contributed by atoms with E-state index in [1.807, 2.05) is 23.8 Å². The van der Waals surface area contributed by atoms with E-state index in [-0.39, 0.29) is 17.4 Å². The second-order valence-corrected chi connectivity index (χ2v) is 9.59. The molecule has 5 rings (SSSR count). The zero-order valence-electron chi connectivity index (χ0n) is 18.9. The van der Waals surface area contributed by atoms with Crippen LogP contribution in [0.3, 0.4) is 0 Å². The van der Waals surface area contributed by atoms with Crippen molar-refractivity contribution in [3.05, 3.63) is 87.4 Å². The van der Waals surface area contributed by atoms with Crippen LogP contribution in [0.1, 0.15) is 36.1 Å². The van der Waals surface area contributed by atoms with Crippen LogP contribution in [0, 0.1) is 0 Å². The van der Waals surface area contributed by atoms with Crippen molar-refractivity contribution < 1.29 is 19.4 Å². The van der Waals surface area contributed by atoms with Crippen molar-refractivity contribution in [2.45, 2.75) is 38.5 Å². The molecule has 1 fully saturated rings. The number of hydrogen-bond acceptors (Lipinski definition) is 5. The monoisotopic (exact) mass is 511 g/mol. The highest BCUT2D eigenvalue weighted by Gasteiger charge is 2.46. The van der Waals surface area contributed by atoms with Crippen LogP contribution in [0.25, 0.3) is 5.76 Å². The molecular formula is C26H23Cl2N3O4. The van der Waals surface area contributed by atoms with Crippen molar-refractivity contribution in [3.63, 3.8) is 0 Å². The molecule has 1 N–H and O–H groups in total. The largest absolute Gasteiger partial charge is 0.507 e. The van der Waals surface area contributed by atoms with Gasteiger partial charge in [-0.05, 0) is 54.8 Å². The van der Waals surface area contributed by atoms with E-state index >= 15 is 0 Å². The van der Waals surface area contributed by atoms with E-state index in [1.165, 1.54) is 4.90 Å². The van der Waals surface area contributed by atoms with Crippen LogP contribution < -0.4 is 4.74 Å². The summed E-state index contributed by atoms with van der Waals surface area (Å²) in [6.07, 6.45) is 6.56. The Kier molecular flexibility index (Phi) is 6.30.